The number of hydrogen-bond donors (Lipinski definition) is 2. The first-order chi connectivity index (χ1) is 26.9. The fraction of sp³-hybridized carbons (Fsp3) is 0.341. The van der Waals surface area contributed by atoms with Gasteiger partial charge in [-0.1, -0.05) is 110 Å². The predicted molar refractivity (Wildman–Crippen MR) is 208 cm³/mol. The molecule has 5 aromatic rings. The van der Waals surface area contributed by atoms with E-state index < -0.39 is 36.1 Å². The highest BCUT2D eigenvalue weighted by atomic mass is 16.5. The second kappa shape index (κ2) is 19.6. The van der Waals surface area contributed by atoms with Crippen LogP contribution in [0.25, 0.3) is 11.1 Å². The van der Waals surface area contributed by atoms with Crippen molar-refractivity contribution in [3.05, 3.63) is 138 Å². The number of nitrogens with zero attached hydrogens (tertiary/aromatic N) is 2. The maximum Gasteiger partial charge on any atom is 0.408 e. The minimum atomic E-state index is -0.992. The highest BCUT2D eigenvalue weighted by molar-refractivity contribution is 6.00. The van der Waals surface area contributed by atoms with E-state index in [1.54, 1.807) is 18.2 Å². The van der Waals surface area contributed by atoms with Crippen LogP contribution in [0.5, 0.6) is 0 Å². The summed E-state index contributed by atoms with van der Waals surface area (Å²) in [7, 11) is 0. The van der Waals surface area contributed by atoms with E-state index in [1.807, 2.05) is 97.1 Å². The van der Waals surface area contributed by atoms with Crippen LogP contribution in [0.2, 0.25) is 0 Å². The average Bonchev–Trinajstić information content (AvgIpc) is 3.86. The second-order valence-corrected chi connectivity index (χ2v) is 13.9. The Hall–Kier alpha value is -5.65. The minimum absolute atomic E-state index is 0.0339. The van der Waals surface area contributed by atoms with Crippen molar-refractivity contribution in [1.29, 1.82) is 0 Å². The van der Waals surface area contributed by atoms with Crippen LogP contribution in [-0.2, 0) is 38.7 Å². The van der Waals surface area contributed by atoms with Gasteiger partial charge in [-0.15, -0.1) is 0 Å². The van der Waals surface area contributed by atoms with Crippen molar-refractivity contribution in [2.75, 3.05) is 13.1 Å². The zero-order valence-corrected chi connectivity index (χ0v) is 30.9. The van der Waals surface area contributed by atoms with E-state index >= 15 is 0 Å². The largest absolute Gasteiger partial charge is 0.445 e. The molecule has 1 fully saturated rings. The van der Waals surface area contributed by atoms with Gasteiger partial charge in [0.2, 0.25) is 11.7 Å². The summed E-state index contributed by atoms with van der Waals surface area (Å²) < 4.78 is 17.6. The molecule has 6 rings (SSSR count). The molecule has 0 unspecified atom stereocenters. The van der Waals surface area contributed by atoms with Gasteiger partial charge in [0.15, 0.2) is 11.4 Å². The number of ether oxygens (including phenoxy) is 2. The molecule has 286 valence electrons. The monoisotopic (exact) mass is 744 g/mol. The minimum Gasteiger partial charge on any atom is -0.445 e. The molecular formula is C44H48N4O7. The molecule has 0 bridgehead atoms. The van der Waals surface area contributed by atoms with Gasteiger partial charge in [-0.2, -0.15) is 0 Å². The summed E-state index contributed by atoms with van der Waals surface area (Å²) in [4.78, 5) is 62.1. The Labute approximate surface area is 321 Å². The number of alkyl carbamates (subject to hydrolysis) is 1. The Bertz CT molecular complexity index is 1970. The quantitative estimate of drug-likeness (QED) is 0.0684. The van der Waals surface area contributed by atoms with E-state index in [-0.39, 0.29) is 49.9 Å². The number of para-hydroxylation sites is 2. The number of likely N-dealkylation sites (tertiary alicyclic amines) is 1. The number of ketones is 2. The first kappa shape index (κ1) is 39.1. The van der Waals surface area contributed by atoms with Crippen LogP contribution in [0.1, 0.15) is 65.9 Å². The summed E-state index contributed by atoms with van der Waals surface area (Å²) in [6.45, 7) is 0.926. The standard InChI is InChI=1S/C44H48N4O7/c45-25-13-12-20-34(41(50)42-46-36-21-10-11-22-40(36)55-42)26-39(49)38-27-35(53-29-32-16-6-2-7-17-32)28-48(38)43(51)37(24-23-31-14-4-1-5-15-31)47-44(52)54-30-33-18-8-3-9-19-33/h1-11,14-19,21-22,34-35,37-38H,12-13,20,23-30,45H2,(H,47,52)/t34-,35-,37-,38+/m1/s1. The van der Waals surface area contributed by atoms with Gasteiger partial charge in [-0.05, 0) is 61.1 Å². The lowest BCUT2D eigenvalue weighted by atomic mass is 9.89. The Morgan fingerprint density at radius 1 is 0.800 bits per heavy atom. The summed E-state index contributed by atoms with van der Waals surface area (Å²) >= 11 is 0. The smallest absolute Gasteiger partial charge is 0.408 e. The molecule has 3 N–H and O–H groups in total. The number of rotatable bonds is 19. The van der Waals surface area contributed by atoms with Gasteiger partial charge in [-0.3, -0.25) is 14.4 Å². The molecule has 4 aromatic carbocycles. The van der Waals surface area contributed by atoms with Crippen molar-refractivity contribution in [1.82, 2.24) is 15.2 Å². The number of amides is 2. The lowest BCUT2D eigenvalue weighted by molar-refractivity contribution is -0.139. The van der Waals surface area contributed by atoms with E-state index in [0.717, 1.165) is 16.7 Å². The number of benzene rings is 4. The third-order valence-electron chi connectivity index (χ3n) is 9.94. The van der Waals surface area contributed by atoms with Crippen LogP contribution in [0, 0.1) is 5.92 Å². The van der Waals surface area contributed by atoms with Crippen LogP contribution in [0.4, 0.5) is 4.79 Å². The summed E-state index contributed by atoms with van der Waals surface area (Å²) in [6.07, 6.45) is 1.42. The molecule has 11 heteroatoms. The zero-order valence-electron chi connectivity index (χ0n) is 30.9. The van der Waals surface area contributed by atoms with Crippen molar-refractivity contribution in [3.63, 3.8) is 0 Å². The molecule has 2 amide bonds. The molecule has 55 heavy (non-hydrogen) atoms. The van der Waals surface area contributed by atoms with E-state index in [9.17, 15) is 19.2 Å². The fourth-order valence-corrected chi connectivity index (χ4v) is 6.97. The number of aromatic nitrogens is 1. The number of nitrogens with two attached hydrogens (primary N) is 1. The summed E-state index contributed by atoms with van der Waals surface area (Å²) in [6, 6.07) is 33.9. The average molecular weight is 745 g/mol. The molecule has 0 radical (unpaired) electrons. The predicted octanol–water partition coefficient (Wildman–Crippen LogP) is 6.83. The number of nitrogens with one attached hydrogen (secondary N) is 1. The van der Waals surface area contributed by atoms with Crippen LogP contribution in [0.3, 0.4) is 0 Å². The summed E-state index contributed by atoms with van der Waals surface area (Å²) in [5.41, 5.74) is 9.59. The van der Waals surface area contributed by atoms with Crippen LogP contribution >= 0.6 is 0 Å². The number of unbranched alkanes of at least 4 members (excludes halogenated alkanes) is 1. The molecule has 0 aliphatic carbocycles. The number of oxazole rings is 1. The number of carbonyl (C=O) groups is 4. The lowest BCUT2D eigenvalue weighted by Crippen LogP contribution is -2.52. The van der Waals surface area contributed by atoms with Crippen molar-refractivity contribution in [2.24, 2.45) is 11.7 Å². The van der Waals surface area contributed by atoms with Crippen molar-refractivity contribution < 1.29 is 33.1 Å². The lowest BCUT2D eigenvalue weighted by Gasteiger charge is -2.29. The van der Waals surface area contributed by atoms with Crippen molar-refractivity contribution in [2.45, 2.75) is 76.3 Å². The zero-order chi connectivity index (χ0) is 38.4. The molecule has 4 atom stereocenters. The fourth-order valence-electron chi connectivity index (χ4n) is 6.97. The van der Waals surface area contributed by atoms with Crippen molar-refractivity contribution in [3.8, 4) is 0 Å². The number of hydrogen-bond acceptors (Lipinski definition) is 9. The highest BCUT2D eigenvalue weighted by Crippen LogP contribution is 2.29. The van der Waals surface area contributed by atoms with Crippen LogP contribution < -0.4 is 11.1 Å². The molecular weight excluding hydrogens is 697 g/mol. The number of fused-ring (bicyclic) bond motifs is 1. The molecule has 1 aliphatic heterocycles. The van der Waals surface area contributed by atoms with E-state index in [4.69, 9.17) is 19.6 Å². The number of aryl methyl sites for hydroxylation is 1. The maximum absolute atomic E-state index is 14.6. The van der Waals surface area contributed by atoms with E-state index in [2.05, 4.69) is 10.3 Å². The van der Waals surface area contributed by atoms with E-state index in [1.165, 1.54) is 4.90 Å². The van der Waals surface area contributed by atoms with Crippen LogP contribution in [-0.4, -0.2) is 64.7 Å². The first-order valence-electron chi connectivity index (χ1n) is 19.0. The third kappa shape index (κ3) is 11.0. The maximum atomic E-state index is 14.6. The highest BCUT2D eigenvalue weighted by Gasteiger charge is 2.43. The van der Waals surface area contributed by atoms with Gasteiger partial charge < -0.3 is 29.8 Å². The van der Waals surface area contributed by atoms with Crippen LogP contribution in [0.15, 0.2) is 120 Å². The Balaban J connectivity index is 1.23. The van der Waals surface area contributed by atoms with Gasteiger partial charge in [0.1, 0.15) is 18.2 Å². The number of carbonyl (C=O) groups excluding carboxylic acids is 4. The Morgan fingerprint density at radius 3 is 2.11 bits per heavy atom. The van der Waals surface area contributed by atoms with Gasteiger partial charge in [0, 0.05) is 25.3 Å². The van der Waals surface area contributed by atoms with Gasteiger partial charge in [0.25, 0.3) is 5.89 Å². The third-order valence-corrected chi connectivity index (χ3v) is 9.94. The van der Waals surface area contributed by atoms with E-state index in [0.29, 0.717) is 49.9 Å². The topological polar surface area (TPSA) is 154 Å². The molecule has 1 aliphatic rings. The van der Waals surface area contributed by atoms with Crippen molar-refractivity contribution >= 4 is 34.7 Å². The number of Topliss-reactive ketones (excluding diaryl/α,β-unsaturated/α-hetero) is 2. The molecule has 2 heterocycles. The second-order valence-electron chi connectivity index (χ2n) is 13.9. The SMILES string of the molecule is NCCCC[C@H](CC(=O)[C@@H]1C[C@@H](OCc2ccccc2)CN1C(=O)[C@@H](CCc1ccccc1)NC(=O)OCc1ccccc1)C(=O)c1nc2ccccc2o1. The molecule has 0 spiro atoms. The normalized spacial score (nSPS) is 16.4. The Morgan fingerprint density at radius 2 is 1.44 bits per heavy atom. The molecule has 11 nitrogen and oxygen atoms in total. The molecule has 1 saturated heterocycles. The molecule has 1 aromatic heterocycles. The summed E-state index contributed by atoms with van der Waals surface area (Å²) in [5, 5.41) is 2.80. The molecule has 0 saturated carbocycles. The Kier molecular flexibility index (Phi) is 13.9. The van der Waals surface area contributed by atoms with Gasteiger partial charge in [0.05, 0.1) is 18.8 Å². The van der Waals surface area contributed by atoms with Gasteiger partial charge >= 0.3 is 6.09 Å². The summed E-state index contributed by atoms with van der Waals surface area (Å²) in [5.74, 6) is -1.82. The first-order valence-corrected chi connectivity index (χ1v) is 19.0. The van der Waals surface area contributed by atoms with Gasteiger partial charge in [-0.25, -0.2) is 9.78 Å².